The monoisotopic (exact) mass is 342 g/mol. The van der Waals surface area contributed by atoms with Gasteiger partial charge in [0.05, 0.1) is 12.4 Å². The van der Waals surface area contributed by atoms with Crippen molar-refractivity contribution >= 4 is 11.6 Å². The van der Waals surface area contributed by atoms with Crippen molar-refractivity contribution in [3.05, 3.63) is 57.5 Å². The molecule has 2 aromatic rings. The summed E-state index contributed by atoms with van der Waals surface area (Å²) in [7, 11) is 0. The van der Waals surface area contributed by atoms with Crippen LogP contribution in [0.4, 0.5) is 0 Å². The fraction of sp³-hybridized carbons (Fsp3) is 0.368. The summed E-state index contributed by atoms with van der Waals surface area (Å²) in [4.78, 5) is 25.0. The van der Waals surface area contributed by atoms with Gasteiger partial charge in [-0.25, -0.2) is 0 Å². The fourth-order valence-corrected chi connectivity index (χ4v) is 4.02. The summed E-state index contributed by atoms with van der Waals surface area (Å²) >= 11 is 0. The molecule has 6 nitrogen and oxygen atoms in total. The molecule has 0 saturated heterocycles. The number of hydrogen-bond donors (Lipinski definition) is 3. The van der Waals surface area contributed by atoms with Crippen molar-refractivity contribution in [2.24, 2.45) is 0 Å². The topological polar surface area (TPSA) is 108 Å². The van der Waals surface area contributed by atoms with Crippen LogP contribution < -0.4 is 0 Å². The third-order valence-corrected chi connectivity index (χ3v) is 5.24. The van der Waals surface area contributed by atoms with Crippen molar-refractivity contribution in [3.63, 3.8) is 0 Å². The maximum Gasteiger partial charge on any atom is 0.229 e. The van der Waals surface area contributed by atoms with Crippen LogP contribution >= 0.6 is 0 Å². The van der Waals surface area contributed by atoms with Gasteiger partial charge in [0.15, 0.2) is 11.5 Å². The normalized spacial score (nSPS) is 22.6. The molecule has 0 fully saturated rings. The van der Waals surface area contributed by atoms with Crippen LogP contribution in [0.3, 0.4) is 0 Å². The largest absolute Gasteiger partial charge is 0.460 e. The van der Waals surface area contributed by atoms with Crippen molar-refractivity contribution in [1.82, 2.24) is 0 Å². The van der Waals surface area contributed by atoms with Crippen LogP contribution in [0.15, 0.2) is 22.8 Å². The smallest absolute Gasteiger partial charge is 0.229 e. The second kappa shape index (κ2) is 5.36. The summed E-state index contributed by atoms with van der Waals surface area (Å²) in [6.07, 6.45) is 1.10. The number of Topliss-reactive ketones (excluding diaryl/α,β-unsaturated/α-hetero) is 1. The quantitative estimate of drug-likeness (QED) is 0.782. The third kappa shape index (κ3) is 2.08. The number of fused-ring (bicyclic) bond motifs is 4. The molecule has 3 N–H and O–H groups in total. The molecule has 2 aliphatic carbocycles. The summed E-state index contributed by atoms with van der Waals surface area (Å²) in [6.45, 7) is 1.31. The number of aliphatic hydroxyl groups is 3. The van der Waals surface area contributed by atoms with Crippen LogP contribution in [0, 0.1) is 0 Å². The van der Waals surface area contributed by atoms with Crippen LogP contribution in [-0.4, -0.2) is 33.5 Å². The Bertz CT molecular complexity index is 905. The van der Waals surface area contributed by atoms with Crippen molar-refractivity contribution < 1.29 is 29.3 Å². The van der Waals surface area contributed by atoms with Crippen molar-refractivity contribution in [3.8, 4) is 0 Å². The van der Waals surface area contributed by atoms with Crippen molar-refractivity contribution in [1.29, 1.82) is 0 Å². The third-order valence-electron chi connectivity index (χ3n) is 5.24. The lowest BCUT2D eigenvalue weighted by Crippen LogP contribution is -2.34. The van der Waals surface area contributed by atoms with Crippen LogP contribution in [0.5, 0.6) is 0 Å². The van der Waals surface area contributed by atoms with E-state index < -0.39 is 11.7 Å². The summed E-state index contributed by atoms with van der Waals surface area (Å²) in [6, 6.07) is 3.26. The minimum atomic E-state index is -1.54. The van der Waals surface area contributed by atoms with E-state index in [2.05, 4.69) is 0 Å². The Morgan fingerprint density at radius 3 is 2.76 bits per heavy atom. The lowest BCUT2D eigenvalue weighted by Gasteiger charge is -2.32. The van der Waals surface area contributed by atoms with E-state index in [1.165, 1.54) is 6.26 Å². The number of hydrogen-bond acceptors (Lipinski definition) is 6. The van der Waals surface area contributed by atoms with Crippen LogP contribution in [0.2, 0.25) is 0 Å². The van der Waals surface area contributed by atoms with E-state index in [-0.39, 0.29) is 35.9 Å². The minimum absolute atomic E-state index is 0.00505. The molecular weight excluding hydrogens is 324 g/mol. The van der Waals surface area contributed by atoms with E-state index in [1.807, 2.05) is 0 Å². The molecule has 130 valence electrons. The molecule has 0 aliphatic heterocycles. The molecule has 0 spiro atoms. The van der Waals surface area contributed by atoms with E-state index in [9.17, 15) is 19.8 Å². The van der Waals surface area contributed by atoms with Crippen LogP contribution in [0.1, 0.15) is 74.6 Å². The van der Waals surface area contributed by atoms with Gasteiger partial charge in [0.1, 0.15) is 5.60 Å². The molecule has 1 aromatic heterocycles. The average molecular weight is 342 g/mol. The van der Waals surface area contributed by atoms with E-state index in [0.29, 0.717) is 40.7 Å². The SMILES string of the molecule is C[C@]1(O)c2ccc3c(c2C(=O)c2occ([C@@H](O)CCO)c21)CCC3=O. The Morgan fingerprint density at radius 1 is 1.28 bits per heavy atom. The van der Waals surface area contributed by atoms with E-state index in [1.54, 1.807) is 19.1 Å². The standard InChI is InChI=1S/C19H18O6/c1-19(24)12-4-2-9-10(3-5-13(9)21)15(12)17(23)18-16(19)11(8-25-18)14(22)6-7-20/h2,4,8,14,20,22,24H,3,5-7H2,1H3/t14-,19-/m0/s1. The average Bonchev–Trinajstić information content (AvgIpc) is 3.18. The number of benzene rings is 1. The minimum Gasteiger partial charge on any atom is -0.460 e. The second-order valence-corrected chi connectivity index (χ2v) is 6.76. The first kappa shape index (κ1) is 16.2. The van der Waals surface area contributed by atoms with Crippen LogP contribution in [-0.2, 0) is 12.0 Å². The molecule has 2 aliphatic rings. The molecule has 4 rings (SSSR count). The maximum absolute atomic E-state index is 13.0. The summed E-state index contributed by atoms with van der Waals surface area (Å²) in [5, 5.41) is 30.5. The maximum atomic E-state index is 13.0. The molecule has 0 unspecified atom stereocenters. The van der Waals surface area contributed by atoms with Gasteiger partial charge in [-0.1, -0.05) is 12.1 Å². The van der Waals surface area contributed by atoms with Gasteiger partial charge in [-0.15, -0.1) is 0 Å². The Morgan fingerprint density at radius 2 is 2.04 bits per heavy atom. The number of aliphatic hydroxyl groups excluding tert-OH is 2. The molecule has 0 saturated carbocycles. The number of ketones is 2. The van der Waals surface area contributed by atoms with Crippen molar-refractivity contribution in [2.45, 2.75) is 37.9 Å². The Hall–Kier alpha value is -2.28. The highest BCUT2D eigenvalue weighted by Gasteiger charge is 2.46. The Kier molecular flexibility index (Phi) is 3.47. The molecule has 1 aromatic carbocycles. The molecule has 0 radical (unpaired) electrons. The first-order chi connectivity index (χ1) is 11.9. The van der Waals surface area contributed by atoms with Gasteiger partial charge in [0.2, 0.25) is 5.78 Å². The summed E-state index contributed by atoms with van der Waals surface area (Å²) in [5.74, 6) is -0.405. The van der Waals surface area contributed by atoms with E-state index >= 15 is 0 Å². The van der Waals surface area contributed by atoms with Gasteiger partial charge in [0, 0.05) is 41.7 Å². The molecule has 2 atom stereocenters. The summed E-state index contributed by atoms with van der Waals surface area (Å²) < 4.78 is 5.41. The molecule has 25 heavy (non-hydrogen) atoms. The van der Waals surface area contributed by atoms with Crippen LogP contribution in [0.25, 0.3) is 0 Å². The lowest BCUT2D eigenvalue weighted by molar-refractivity contribution is 0.0786. The van der Waals surface area contributed by atoms with Crippen molar-refractivity contribution in [2.75, 3.05) is 6.61 Å². The highest BCUT2D eigenvalue weighted by Crippen LogP contribution is 2.46. The predicted molar refractivity (Wildman–Crippen MR) is 86.6 cm³/mol. The molecule has 6 heteroatoms. The number of rotatable bonds is 3. The fourth-order valence-electron chi connectivity index (χ4n) is 4.02. The predicted octanol–water partition coefficient (Wildman–Crippen LogP) is 1.62. The molecule has 0 amide bonds. The Labute approximate surface area is 143 Å². The summed E-state index contributed by atoms with van der Waals surface area (Å²) in [5.41, 5.74) is 0.916. The lowest BCUT2D eigenvalue weighted by atomic mass is 9.74. The number of carbonyl (C=O) groups excluding carboxylic acids is 2. The highest BCUT2D eigenvalue weighted by molar-refractivity contribution is 6.15. The van der Waals surface area contributed by atoms with Gasteiger partial charge in [-0.05, 0) is 24.5 Å². The molecular formula is C19H18O6. The zero-order valence-electron chi connectivity index (χ0n) is 13.7. The zero-order valence-corrected chi connectivity index (χ0v) is 13.7. The van der Waals surface area contributed by atoms with Gasteiger partial charge < -0.3 is 19.7 Å². The number of carbonyl (C=O) groups is 2. The van der Waals surface area contributed by atoms with E-state index in [0.717, 1.165) is 0 Å². The second-order valence-electron chi connectivity index (χ2n) is 6.76. The number of furan rings is 1. The molecule has 1 heterocycles. The highest BCUT2D eigenvalue weighted by atomic mass is 16.3. The molecule has 0 bridgehead atoms. The first-order valence-corrected chi connectivity index (χ1v) is 8.25. The van der Waals surface area contributed by atoms with Gasteiger partial charge in [-0.3, -0.25) is 9.59 Å². The zero-order chi connectivity index (χ0) is 17.9. The van der Waals surface area contributed by atoms with E-state index in [4.69, 9.17) is 9.52 Å². The Balaban J connectivity index is 1.95. The first-order valence-electron chi connectivity index (χ1n) is 8.25. The van der Waals surface area contributed by atoms with Gasteiger partial charge >= 0.3 is 0 Å². The van der Waals surface area contributed by atoms with Gasteiger partial charge in [-0.2, -0.15) is 0 Å². The van der Waals surface area contributed by atoms with Gasteiger partial charge in [0.25, 0.3) is 0 Å².